The lowest BCUT2D eigenvalue weighted by molar-refractivity contribution is -0.118. The van der Waals surface area contributed by atoms with Crippen LogP contribution in [0.15, 0.2) is 18.2 Å². The van der Waals surface area contributed by atoms with Gasteiger partial charge < -0.3 is 10.1 Å². The summed E-state index contributed by atoms with van der Waals surface area (Å²) in [4.78, 5) is 11.5. The van der Waals surface area contributed by atoms with Crippen LogP contribution in [0.2, 0.25) is 5.02 Å². The summed E-state index contributed by atoms with van der Waals surface area (Å²) in [5.41, 5.74) is 0.154. The van der Waals surface area contributed by atoms with E-state index in [1.165, 1.54) is 0 Å². The largest absolute Gasteiger partial charge is 0.485 e. The van der Waals surface area contributed by atoms with E-state index in [4.69, 9.17) is 16.3 Å². The fraction of sp³-hybridized carbons (Fsp3) is 0.364. The van der Waals surface area contributed by atoms with Crippen LogP contribution in [0, 0.1) is 0 Å². The third-order valence-electron chi connectivity index (χ3n) is 2.19. The number of anilines is 1. The predicted octanol–water partition coefficient (Wildman–Crippen LogP) is 2.84. The van der Waals surface area contributed by atoms with E-state index < -0.39 is 5.60 Å². The third kappa shape index (κ3) is 2.23. The molecule has 0 atom stereocenters. The number of carbonyl (C=O) groups excluding carboxylic acids is 1. The number of ether oxygens (including phenoxy) is 1. The molecular weight excluding hydrogens is 214 g/mol. The fourth-order valence-corrected chi connectivity index (χ4v) is 1.78. The van der Waals surface area contributed by atoms with Crippen molar-refractivity contribution in [3.63, 3.8) is 0 Å². The van der Waals surface area contributed by atoms with Gasteiger partial charge >= 0.3 is 0 Å². The van der Waals surface area contributed by atoms with E-state index in [9.17, 15) is 4.79 Å². The molecule has 1 amide bonds. The first-order valence-corrected chi connectivity index (χ1v) is 5.12. The Bertz CT molecular complexity index is 415. The first-order chi connectivity index (χ1) is 6.96. The number of hydrogen-bond acceptors (Lipinski definition) is 2. The molecular formula is C11H12ClNO2. The molecule has 80 valence electrons. The van der Waals surface area contributed by atoms with Crippen molar-refractivity contribution < 1.29 is 9.53 Å². The Hall–Kier alpha value is -1.22. The zero-order valence-corrected chi connectivity index (χ0v) is 9.39. The molecule has 0 saturated carbocycles. The van der Waals surface area contributed by atoms with Gasteiger partial charge in [-0.25, -0.2) is 0 Å². The number of carbonyl (C=O) groups is 1. The van der Waals surface area contributed by atoms with Gasteiger partial charge in [-0.05, 0) is 32.0 Å². The highest BCUT2D eigenvalue weighted by atomic mass is 35.5. The minimum atomic E-state index is -0.483. The van der Waals surface area contributed by atoms with Crippen LogP contribution in [-0.4, -0.2) is 11.5 Å². The summed E-state index contributed by atoms with van der Waals surface area (Å²) < 4.78 is 5.73. The van der Waals surface area contributed by atoms with Gasteiger partial charge in [0.2, 0.25) is 5.91 Å². The van der Waals surface area contributed by atoms with Gasteiger partial charge in [-0.15, -0.1) is 0 Å². The van der Waals surface area contributed by atoms with Gasteiger partial charge in [-0.3, -0.25) is 4.79 Å². The minimum Gasteiger partial charge on any atom is -0.485 e. The fourth-order valence-electron chi connectivity index (χ4n) is 1.60. The first kappa shape index (κ1) is 10.3. The highest BCUT2D eigenvalue weighted by molar-refractivity contribution is 6.31. The Morgan fingerprint density at radius 2 is 2.20 bits per heavy atom. The van der Waals surface area contributed by atoms with E-state index in [1.807, 2.05) is 13.8 Å². The Balaban J connectivity index is 2.45. The number of rotatable bonds is 0. The molecule has 2 rings (SSSR count). The smallest absolute Gasteiger partial charge is 0.228 e. The van der Waals surface area contributed by atoms with Gasteiger partial charge in [-0.1, -0.05) is 11.6 Å². The van der Waals surface area contributed by atoms with E-state index in [1.54, 1.807) is 18.2 Å². The van der Waals surface area contributed by atoms with Gasteiger partial charge in [0.05, 0.1) is 12.1 Å². The average Bonchev–Trinajstić information content (AvgIpc) is 2.18. The lowest BCUT2D eigenvalue weighted by Crippen LogP contribution is -2.30. The van der Waals surface area contributed by atoms with Crippen LogP contribution in [0.4, 0.5) is 5.69 Å². The lowest BCUT2D eigenvalue weighted by Gasteiger charge is -2.23. The van der Waals surface area contributed by atoms with Crippen molar-refractivity contribution >= 4 is 23.2 Å². The van der Waals surface area contributed by atoms with E-state index in [-0.39, 0.29) is 5.91 Å². The molecule has 0 fully saturated rings. The maximum Gasteiger partial charge on any atom is 0.228 e. The summed E-state index contributed by atoms with van der Waals surface area (Å²) in [5.74, 6) is 0.608. The molecule has 1 aliphatic rings. The predicted molar refractivity (Wildman–Crippen MR) is 59.4 cm³/mol. The van der Waals surface area contributed by atoms with Crippen molar-refractivity contribution in [2.75, 3.05) is 5.32 Å². The lowest BCUT2D eigenvalue weighted by atomic mass is 10.1. The Morgan fingerprint density at radius 3 is 2.93 bits per heavy atom. The minimum absolute atomic E-state index is 0.0546. The highest BCUT2D eigenvalue weighted by Crippen LogP contribution is 2.34. The SMILES string of the molecule is CC1(C)CC(=O)Nc2cc(Cl)ccc2O1. The standard InChI is InChI=1S/C11H12ClNO2/c1-11(2)6-10(14)13-8-5-7(12)3-4-9(8)15-11/h3-5H,6H2,1-2H3,(H,13,14). The molecule has 4 heteroatoms. The highest BCUT2D eigenvalue weighted by Gasteiger charge is 2.28. The summed E-state index contributed by atoms with van der Waals surface area (Å²) in [6, 6.07) is 5.20. The molecule has 1 aromatic rings. The Kier molecular flexibility index (Phi) is 2.35. The summed E-state index contributed by atoms with van der Waals surface area (Å²) in [5, 5.41) is 3.35. The van der Waals surface area contributed by atoms with Gasteiger partial charge in [0, 0.05) is 5.02 Å². The van der Waals surface area contributed by atoms with Crippen molar-refractivity contribution in [1.82, 2.24) is 0 Å². The van der Waals surface area contributed by atoms with Crippen LogP contribution >= 0.6 is 11.6 Å². The van der Waals surface area contributed by atoms with E-state index in [0.717, 1.165) is 0 Å². The monoisotopic (exact) mass is 225 g/mol. The van der Waals surface area contributed by atoms with Crippen LogP contribution in [-0.2, 0) is 4.79 Å². The van der Waals surface area contributed by atoms with Gasteiger partial charge in [0.1, 0.15) is 11.4 Å². The van der Waals surface area contributed by atoms with Gasteiger partial charge in [0.15, 0.2) is 0 Å². The number of halogens is 1. The normalized spacial score (nSPS) is 18.5. The molecule has 0 aromatic heterocycles. The molecule has 1 heterocycles. The van der Waals surface area contributed by atoms with Crippen molar-refractivity contribution in [1.29, 1.82) is 0 Å². The zero-order valence-electron chi connectivity index (χ0n) is 8.63. The molecule has 0 radical (unpaired) electrons. The number of nitrogens with one attached hydrogen (secondary N) is 1. The number of amides is 1. The maximum absolute atomic E-state index is 11.5. The van der Waals surface area contributed by atoms with Crippen molar-refractivity contribution in [2.45, 2.75) is 25.9 Å². The topological polar surface area (TPSA) is 38.3 Å². The molecule has 1 aliphatic heterocycles. The summed E-state index contributed by atoms with van der Waals surface area (Å²) in [6.07, 6.45) is 0.333. The number of benzene rings is 1. The average molecular weight is 226 g/mol. The summed E-state index contributed by atoms with van der Waals surface area (Å²) >= 11 is 5.84. The zero-order chi connectivity index (χ0) is 11.1. The van der Waals surface area contributed by atoms with Gasteiger partial charge in [0.25, 0.3) is 0 Å². The molecule has 0 bridgehead atoms. The molecule has 1 aromatic carbocycles. The molecule has 1 N–H and O–H groups in total. The number of fused-ring (bicyclic) bond motifs is 1. The molecule has 0 unspecified atom stereocenters. The van der Waals surface area contributed by atoms with Crippen molar-refractivity contribution in [2.24, 2.45) is 0 Å². The van der Waals surface area contributed by atoms with E-state index >= 15 is 0 Å². The molecule has 0 aliphatic carbocycles. The number of hydrogen-bond donors (Lipinski definition) is 1. The van der Waals surface area contributed by atoms with Gasteiger partial charge in [-0.2, -0.15) is 0 Å². The quantitative estimate of drug-likeness (QED) is 0.737. The summed E-state index contributed by atoms with van der Waals surface area (Å²) in [7, 11) is 0. The van der Waals surface area contributed by atoms with Crippen LogP contribution in [0.3, 0.4) is 0 Å². The second-order valence-electron chi connectivity index (χ2n) is 4.23. The molecule has 3 nitrogen and oxygen atoms in total. The van der Waals surface area contributed by atoms with Crippen LogP contribution in [0.5, 0.6) is 5.75 Å². The van der Waals surface area contributed by atoms with Crippen molar-refractivity contribution in [3.8, 4) is 5.75 Å². The third-order valence-corrected chi connectivity index (χ3v) is 2.42. The maximum atomic E-state index is 11.5. The second-order valence-corrected chi connectivity index (χ2v) is 4.66. The van der Waals surface area contributed by atoms with Crippen LogP contribution in [0.1, 0.15) is 20.3 Å². The second kappa shape index (κ2) is 3.42. The first-order valence-electron chi connectivity index (χ1n) is 4.75. The van der Waals surface area contributed by atoms with Crippen molar-refractivity contribution in [3.05, 3.63) is 23.2 Å². The molecule has 0 spiro atoms. The van der Waals surface area contributed by atoms with E-state index in [2.05, 4.69) is 5.32 Å². The Labute approximate surface area is 93.4 Å². The molecule has 15 heavy (non-hydrogen) atoms. The van der Waals surface area contributed by atoms with E-state index in [0.29, 0.717) is 22.9 Å². The summed E-state index contributed by atoms with van der Waals surface area (Å²) in [6.45, 7) is 3.77. The van der Waals surface area contributed by atoms with Crippen LogP contribution < -0.4 is 10.1 Å². The molecule has 0 saturated heterocycles. The Morgan fingerprint density at radius 1 is 1.47 bits per heavy atom. The van der Waals surface area contributed by atoms with Crippen LogP contribution in [0.25, 0.3) is 0 Å².